The van der Waals surface area contributed by atoms with E-state index in [2.05, 4.69) is 36.3 Å². The summed E-state index contributed by atoms with van der Waals surface area (Å²) in [4.78, 5) is 14.3. The average molecular weight is 290 g/mol. The molecule has 0 aliphatic carbocycles. The van der Waals surface area contributed by atoms with E-state index >= 15 is 0 Å². The molecular weight excluding hydrogens is 264 g/mol. The van der Waals surface area contributed by atoms with Crippen molar-refractivity contribution in [1.29, 1.82) is 0 Å². The first-order valence-electron chi connectivity index (χ1n) is 7.95. The summed E-state index contributed by atoms with van der Waals surface area (Å²) in [5.41, 5.74) is 0.827. The highest BCUT2D eigenvalue weighted by Gasteiger charge is 2.31. The van der Waals surface area contributed by atoms with Crippen LogP contribution in [0.2, 0.25) is 0 Å². The van der Waals surface area contributed by atoms with Crippen LogP contribution in [0.1, 0.15) is 56.9 Å². The van der Waals surface area contributed by atoms with Gasteiger partial charge in [0.15, 0.2) is 5.69 Å². The van der Waals surface area contributed by atoms with Gasteiger partial charge in [-0.2, -0.15) is 0 Å². The molecule has 21 heavy (non-hydrogen) atoms. The molecule has 1 amide bonds. The van der Waals surface area contributed by atoms with E-state index in [0.717, 1.165) is 44.7 Å². The summed E-state index contributed by atoms with van der Waals surface area (Å²) in [6, 6.07) is 3.59. The summed E-state index contributed by atoms with van der Waals surface area (Å²) in [6.07, 6.45) is 4.34. The number of carbonyl (C=O) groups excluding carboxylic acids is 1. The third-order valence-electron chi connectivity index (χ3n) is 4.55. The number of carbonyl (C=O) groups is 1. The van der Waals surface area contributed by atoms with Crippen LogP contribution in [0.3, 0.4) is 0 Å². The molecule has 0 unspecified atom stereocenters. The number of amides is 1. The lowest BCUT2D eigenvalue weighted by Crippen LogP contribution is -2.42. The van der Waals surface area contributed by atoms with Crippen LogP contribution in [-0.2, 0) is 0 Å². The van der Waals surface area contributed by atoms with E-state index in [-0.39, 0.29) is 5.91 Å². The number of nitrogens with zero attached hydrogens (tertiary/aromatic N) is 3. The van der Waals surface area contributed by atoms with Crippen molar-refractivity contribution in [3.8, 4) is 0 Å². The molecule has 1 fully saturated rings. The summed E-state index contributed by atoms with van der Waals surface area (Å²) in [6.45, 7) is 9.14. The number of nitrogens with one attached hydrogen (secondary N) is 1. The largest absolute Gasteiger partial charge is 0.369 e. The van der Waals surface area contributed by atoms with Crippen molar-refractivity contribution in [2.75, 3.05) is 25.0 Å². The standard InChI is InChI=1S/C16H26N4O/c1-4-10-17-14-7-6-13(18-19-14)15(21)20-11-8-16(3,5-2)9-12-20/h6-7H,4-5,8-12H2,1-3H3,(H,17,19). The molecule has 0 atom stereocenters. The molecule has 2 rings (SSSR count). The van der Waals surface area contributed by atoms with Crippen molar-refractivity contribution in [2.24, 2.45) is 5.41 Å². The number of likely N-dealkylation sites (tertiary alicyclic amines) is 1. The Balaban J connectivity index is 1.94. The fourth-order valence-corrected chi connectivity index (χ4v) is 2.56. The Labute approximate surface area is 127 Å². The summed E-state index contributed by atoms with van der Waals surface area (Å²) in [5, 5.41) is 11.3. The lowest BCUT2D eigenvalue weighted by molar-refractivity contribution is 0.0593. The summed E-state index contributed by atoms with van der Waals surface area (Å²) >= 11 is 0. The first kappa shape index (κ1) is 15.7. The zero-order chi connectivity index (χ0) is 15.3. The molecule has 116 valence electrons. The fraction of sp³-hybridized carbons (Fsp3) is 0.688. The molecular formula is C16H26N4O. The Kier molecular flexibility index (Phi) is 5.15. The van der Waals surface area contributed by atoms with Gasteiger partial charge in [0.05, 0.1) is 0 Å². The van der Waals surface area contributed by atoms with Gasteiger partial charge in [-0.25, -0.2) is 0 Å². The van der Waals surface area contributed by atoms with Crippen molar-refractivity contribution in [1.82, 2.24) is 15.1 Å². The van der Waals surface area contributed by atoms with Crippen LogP contribution in [0.4, 0.5) is 5.82 Å². The van der Waals surface area contributed by atoms with E-state index < -0.39 is 0 Å². The van der Waals surface area contributed by atoms with E-state index in [1.165, 1.54) is 6.42 Å². The van der Waals surface area contributed by atoms with E-state index in [1.807, 2.05) is 11.0 Å². The average Bonchev–Trinajstić information content (AvgIpc) is 2.53. The third kappa shape index (κ3) is 3.93. The second-order valence-electron chi connectivity index (χ2n) is 6.19. The van der Waals surface area contributed by atoms with E-state index in [1.54, 1.807) is 6.07 Å². The van der Waals surface area contributed by atoms with Crippen molar-refractivity contribution in [3.63, 3.8) is 0 Å². The Morgan fingerprint density at radius 2 is 2.00 bits per heavy atom. The monoisotopic (exact) mass is 290 g/mol. The minimum atomic E-state index is 0.00249. The van der Waals surface area contributed by atoms with Crippen LogP contribution in [0, 0.1) is 5.41 Å². The second-order valence-corrected chi connectivity index (χ2v) is 6.19. The van der Waals surface area contributed by atoms with Crippen molar-refractivity contribution in [2.45, 2.75) is 46.5 Å². The van der Waals surface area contributed by atoms with Crippen LogP contribution < -0.4 is 5.32 Å². The van der Waals surface area contributed by atoms with Gasteiger partial charge in [-0.05, 0) is 36.8 Å². The zero-order valence-corrected chi connectivity index (χ0v) is 13.4. The Morgan fingerprint density at radius 1 is 1.29 bits per heavy atom. The van der Waals surface area contributed by atoms with Gasteiger partial charge in [0.2, 0.25) is 0 Å². The number of piperidine rings is 1. The van der Waals surface area contributed by atoms with Crippen LogP contribution in [-0.4, -0.2) is 40.6 Å². The predicted octanol–water partition coefficient (Wildman–Crippen LogP) is 2.95. The van der Waals surface area contributed by atoms with Gasteiger partial charge in [-0.15, -0.1) is 10.2 Å². The Bertz CT molecular complexity index is 464. The fourth-order valence-electron chi connectivity index (χ4n) is 2.56. The van der Waals surface area contributed by atoms with E-state index in [0.29, 0.717) is 11.1 Å². The van der Waals surface area contributed by atoms with Crippen molar-refractivity contribution >= 4 is 11.7 Å². The molecule has 1 aliphatic heterocycles. The van der Waals surface area contributed by atoms with Crippen molar-refractivity contribution < 1.29 is 4.79 Å². The predicted molar refractivity (Wildman–Crippen MR) is 84.3 cm³/mol. The molecule has 0 radical (unpaired) electrons. The van der Waals surface area contributed by atoms with Crippen LogP contribution in [0.15, 0.2) is 12.1 Å². The lowest BCUT2D eigenvalue weighted by atomic mass is 9.78. The molecule has 0 saturated carbocycles. The van der Waals surface area contributed by atoms with Gasteiger partial charge in [0.1, 0.15) is 5.82 Å². The van der Waals surface area contributed by atoms with Gasteiger partial charge in [0.25, 0.3) is 5.91 Å². The maximum Gasteiger partial charge on any atom is 0.274 e. The van der Waals surface area contributed by atoms with E-state index in [9.17, 15) is 4.79 Å². The number of anilines is 1. The molecule has 1 aromatic rings. The van der Waals surface area contributed by atoms with E-state index in [4.69, 9.17) is 0 Å². The molecule has 1 N–H and O–H groups in total. The first-order valence-corrected chi connectivity index (χ1v) is 7.95. The van der Waals surface area contributed by atoms with Gasteiger partial charge in [-0.1, -0.05) is 27.2 Å². The SMILES string of the molecule is CCCNc1ccc(C(=O)N2CCC(C)(CC)CC2)nn1. The second kappa shape index (κ2) is 6.87. The number of hydrogen-bond donors (Lipinski definition) is 1. The first-order chi connectivity index (χ1) is 10.1. The zero-order valence-electron chi connectivity index (χ0n) is 13.4. The molecule has 1 aromatic heterocycles. The molecule has 0 aromatic carbocycles. The highest BCUT2D eigenvalue weighted by atomic mass is 16.2. The van der Waals surface area contributed by atoms with Gasteiger partial charge in [0, 0.05) is 19.6 Å². The number of rotatable bonds is 5. The maximum absolute atomic E-state index is 12.4. The van der Waals surface area contributed by atoms with Gasteiger partial charge < -0.3 is 10.2 Å². The third-order valence-corrected chi connectivity index (χ3v) is 4.55. The molecule has 0 bridgehead atoms. The highest BCUT2D eigenvalue weighted by molar-refractivity contribution is 5.92. The van der Waals surface area contributed by atoms with Crippen LogP contribution in [0.5, 0.6) is 0 Å². The Morgan fingerprint density at radius 3 is 2.52 bits per heavy atom. The van der Waals surface area contributed by atoms with Gasteiger partial charge in [-0.3, -0.25) is 4.79 Å². The number of hydrogen-bond acceptors (Lipinski definition) is 4. The lowest BCUT2D eigenvalue weighted by Gasteiger charge is -2.38. The molecule has 5 nitrogen and oxygen atoms in total. The minimum absolute atomic E-state index is 0.00249. The number of aromatic nitrogens is 2. The summed E-state index contributed by atoms with van der Waals surface area (Å²) in [5.74, 6) is 0.730. The molecule has 1 saturated heterocycles. The summed E-state index contributed by atoms with van der Waals surface area (Å²) in [7, 11) is 0. The topological polar surface area (TPSA) is 58.1 Å². The normalized spacial score (nSPS) is 17.6. The summed E-state index contributed by atoms with van der Waals surface area (Å²) < 4.78 is 0. The smallest absolute Gasteiger partial charge is 0.274 e. The molecule has 0 spiro atoms. The quantitative estimate of drug-likeness (QED) is 0.906. The minimum Gasteiger partial charge on any atom is -0.369 e. The molecule has 2 heterocycles. The molecule has 5 heteroatoms. The van der Waals surface area contributed by atoms with Crippen LogP contribution >= 0.6 is 0 Å². The van der Waals surface area contributed by atoms with Gasteiger partial charge >= 0.3 is 0 Å². The van der Waals surface area contributed by atoms with Crippen molar-refractivity contribution in [3.05, 3.63) is 17.8 Å². The van der Waals surface area contributed by atoms with Crippen LogP contribution in [0.25, 0.3) is 0 Å². The Hall–Kier alpha value is -1.65. The maximum atomic E-state index is 12.4. The molecule has 1 aliphatic rings. The highest BCUT2D eigenvalue weighted by Crippen LogP contribution is 2.34.